The second kappa shape index (κ2) is 5.80. The van der Waals surface area contributed by atoms with Crippen LogP contribution in [0.3, 0.4) is 0 Å². The molecular weight excluding hydrogens is 228 g/mol. The number of rotatable bonds is 3. The zero-order valence-corrected chi connectivity index (χ0v) is 11.0. The molecule has 18 heavy (non-hydrogen) atoms. The van der Waals surface area contributed by atoms with Gasteiger partial charge >= 0.3 is 0 Å². The first-order valence-electron chi connectivity index (χ1n) is 6.52. The quantitative estimate of drug-likeness (QED) is 0.882. The van der Waals surface area contributed by atoms with Gasteiger partial charge in [0.1, 0.15) is 12.1 Å². The van der Waals surface area contributed by atoms with Gasteiger partial charge in [0.25, 0.3) is 0 Å². The molecule has 2 rings (SSSR count). The van der Waals surface area contributed by atoms with Crippen molar-refractivity contribution in [2.24, 2.45) is 0 Å². The van der Waals surface area contributed by atoms with Gasteiger partial charge in [-0.2, -0.15) is 0 Å². The number of piperidine rings is 1. The van der Waals surface area contributed by atoms with Gasteiger partial charge in [0, 0.05) is 37.3 Å². The predicted molar refractivity (Wildman–Crippen MR) is 70.3 cm³/mol. The number of aromatic nitrogens is 2. The average molecular weight is 248 g/mol. The summed E-state index contributed by atoms with van der Waals surface area (Å²) in [5.41, 5.74) is 0.964. The van der Waals surface area contributed by atoms with Crippen molar-refractivity contribution in [2.75, 3.05) is 18.4 Å². The van der Waals surface area contributed by atoms with Crippen molar-refractivity contribution in [1.29, 1.82) is 0 Å². The minimum absolute atomic E-state index is 0.256. The van der Waals surface area contributed by atoms with Crippen LogP contribution in [-0.2, 0) is 4.79 Å². The summed E-state index contributed by atoms with van der Waals surface area (Å²) in [4.78, 5) is 21.8. The van der Waals surface area contributed by atoms with Crippen LogP contribution in [0.2, 0.25) is 0 Å². The number of anilines is 1. The predicted octanol–water partition coefficient (Wildman–Crippen LogP) is 1.60. The number of nitrogens with one attached hydrogen (secondary N) is 1. The van der Waals surface area contributed by atoms with E-state index in [-0.39, 0.29) is 5.91 Å². The molecule has 1 aromatic rings. The molecule has 0 bridgehead atoms. The number of hydrogen-bond donors (Lipinski definition) is 1. The molecular formula is C13H20N4O. The van der Waals surface area contributed by atoms with E-state index in [1.54, 1.807) is 6.33 Å². The van der Waals surface area contributed by atoms with Gasteiger partial charge in [-0.3, -0.25) is 4.79 Å². The molecule has 0 aromatic carbocycles. The first-order valence-corrected chi connectivity index (χ1v) is 6.52. The number of hydrogen-bond acceptors (Lipinski definition) is 4. The van der Waals surface area contributed by atoms with Crippen molar-refractivity contribution in [2.45, 2.75) is 39.2 Å². The molecule has 1 aliphatic rings. The fourth-order valence-corrected chi connectivity index (χ4v) is 2.24. The number of carbonyl (C=O) groups is 1. The van der Waals surface area contributed by atoms with Crippen molar-refractivity contribution < 1.29 is 4.79 Å². The van der Waals surface area contributed by atoms with E-state index in [1.165, 1.54) is 0 Å². The van der Waals surface area contributed by atoms with Gasteiger partial charge in [0.05, 0.1) is 0 Å². The molecule has 1 aliphatic heterocycles. The Labute approximate surface area is 108 Å². The first-order chi connectivity index (χ1) is 8.69. The maximum absolute atomic E-state index is 11.6. The van der Waals surface area contributed by atoms with Crippen LogP contribution in [0.15, 0.2) is 12.4 Å². The molecule has 0 unspecified atom stereocenters. The van der Waals surface area contributed by atoms with Crippen LogP contribution < -0.4 is 5.32 Å². The van der Waals surface area contributed by atoms with Gasteiger partial charge in [-0.1, -0.05) is 6.92 Å². The third-order valence-corrected chi connectivity index (χ3v) is 3.31. The van der Waals surface area contributed by atoms with E-state index < -0.39 is 0 Å². The van der Waals surface area contributed by atoms with Gasteiger partial charge in [0.15, 0.2) is 0 Å². The highest BCUT2D eigenvalue weighted by Crippen LogP contribution is 2.15. The minimum Gasteiger partial charge on any atom is -0.367 e. The van der Waals surface area contributed by atoms with Gasteiger partial charge in [0.2, 0.25) is 5.91 Å². The Bertz CT molecular complexity index is 413. The highest BCUT2D eigenvalue weighted by atomic mass is 16.2. The monoisotopic (exact) mass is 248 g/mol. The Morgan fingerprint density at radius 1 is 1.44 bits per heavy atom. The Balaban J connectivity index is 1.85. The van der Waals surface area contributed by atoms with E-state index in [0.717, 1.165) is 37.4 Å². The Morgan fingerprint density at radius 2 is 2.17 bits per heavy atom. The summed E-state index contributed by atoms with van der Waals surface area (Å²) in [6.07, 6.45) is 4.14. The summed E-state index contributed by atoms with van der Waals surface area (Å²) in [5, 5.41) is 3.41. The van der Waals surface area contributed by atoms with E-state index >= 15 is 0 Å². The molecule has 1 aromatic heterocycles. The van der Waals surface area contributed by atoms with Gasteiger partial charge < -0.3 is 10.2 Å². The van der Waals surface area contributed by atoms with Gasteiger partial charge in [-0.25, -0.2) is 9.97 Å². The van der Waals surface area contributed by atoms with Gasteiger partial charge in [-0.15, -0.1) is 0 Å². The van der Waals surface area contributed by atoms with Crippen LogP contribution in [0.25, 0.3) is 0 Å². The highest BCUT2D eigenvalue weighted by Gasteiger charge is 2.21. The summed E-state index contributed by atoms with van der Waals surface area (Å²) in [7, 11) is 0. The van der Waals surface area contributed by atoms with Crippen molar-refractivity contribution in [3.63, 3.8) is 0 Å². The standard InChI is InChI=1S/C13H20N4O/c1-3-13(18)17-6-4-11(5-7-17)16-12-8-10(2)14-9-15-12/h8-9,11H,3-7H2,1-2H3,(H,14,15,16). The molecule has 0 aliphatic carbocycles. The fraction of sp³-hybridized carbons (Fsp3) is 0.615. The summed E-state index contributed by atoms with van der Waals surface area (Å²) in [6, 6.07) is 2.35. The molecule has 1 N–H and O–H groups in total. The van der Waals surface area contributed by atoms with E-state index in [9.17, 15) is 4.79 Å². The first kappa shape index (κ1) is 12.8. The summed E-state index contributed by atoms with van der Waals surface area (Å²) >= 11 is 0. The minimum atomic E-state index is 0.256. The molecule has 1 amide bonds. The molecule has 5 nitrogen and oxygen atoms in total. The lowest BCUT2D eigenvalue weighted by molar-refractivity contribution is -0.131. The average Bonchev–Trinajstić information content (AvgIpc) is 2.39. The zero-order chi connectivity index (χ0) is 13.0. The highest BCUT2D eigenvalue weighted by molar-refractivity contribution is 5.75. The van der Waals surface area contributed by atoms with Crippen LogP contribution in [0.5, 0.6) is 0 Å². The normalized spacial score (nSPS) is 16.7. The van der Waals surface area contributed by atoms with Crippen LogP contribution >= 0.6 is 0 Å². The number of carbonyl (C=O) groups excluding carboxylic acids is 1. The maximum Gasteiger partial charge on any atom is 0.222 e. The topological polar surface area (TPSA) is 58.1 Å². The SMILES string of the molecule is CCC(=O)N1CCC(Nc2cc(C)ncn2)CC1. The Hall–Kier alpha value is -1.65. The van der Waals surface area contributed by atoms with Crippen LogP contribution in [0.4, 0.5) is 5.82 Å². The number of aryl methyl sites for hydroxylation is 1. The van der Waals surface area contributed by atoms with Crippen molar-refractivity contribution in [3.8, 4) is 0 Å². The van der Waals surface area contributed by atoms with Crippen LogP contribution in [0.1, 0.15) is 31.9 Å². The fourth-order valence-electron chi connectivity index (χ4n) is 2.24. The van der Waals surface area contributed by atoms with Crippen LogP contribution in [0, 0.1) is 6.92 Å². The number of amides is 1. The molecule has 1 saturated heterocycles. The summed E-state index contributed by atoms with van der Waals surface area (Å²) in [6.45, 7) is 5.55. The molecule has 5 heteroatoms. The molecule has 1 fully saturated rings. The lowest BCUT2D eigenvalue weighted by Crippen LogP contribution is -2.42. The van der Waals surface area contributed by atoms with Crippen molar-refractivity contribution in [1.82, 2.24) is 14.9 Å². The van der Waals surface area contributed by atoms with Crippen molar-refractivity contribution in [3.05, 3.63) is 18.1 Å². The van der Waals surface area contributed by atoms with Crippen molar-refractivity contribution >= 4 is 11.7 Å². The van der Waals surface area contributed by atoms with Crippen LogP contribution in [-0.4, -0.2) is 39.9 Å². The van der Waals surface area contributed by atoms with E-state index in [1.807, 2.05) is 24.8 Å². The number of likely N-dealkylation sites (tertiary alicyclic amines) is 1. The number of nitrogens with zero attached hydrogens (tertiary/aromatic N) is 3. The lowest BCUT2D eigenvalue weighted by Gasteiger charge is -2.32. The molecule has 0 spiro atoms. The smallest absolute Gasteiger partial charge is 0.222 e. The van der Waals surface area contributed by atoms with E-state index in [2.05, 4.69) is 15.3 Å². The van der Waals surface area contributed by atoms with E-state index in [4.69, 9.17) is 0 Å². The van der Waals surface area contributed by atoms with E-state index in [0.29, 0.717) is 12.5 Å². The molecule has 0 radical (unpaired) electrons. The Kier molecular flexibility index (Phi) is 4.12. The molecule has 2 heterocycles. The molecule has 0 saturated carbocycles. The Morgan fingerprint density at radius 3 is 2.78 bits per heavy atom. The lowest BCUT2D eigenvalue weighted by atomic mass is 10.0. The van der Waals surface area contributed by atoms with Gasteiger partial charge in [-0.05, 0) is 19.8 Å². The summed E-state index contributed by atoms with van der Waals surface area (Å²) < 4.78 is 0. The second-order valence-corrected chi connectivity index (χ2v) is 4.70. The zero-order valence-electron chi connectivity index (χ0n) is 11.0. The largest absolute Gasteiger partial charge is 0.367 e. The maximum atomic E-state index is 11.6. The third-order valence-electron chi connectivity index (χ3n) is 3.31. The second-order valence-electron chi connectivity index (χ2n) is 4.70. The third kappa shape index (κ3) is 3.18. The molecule has 0 atom stereocenters. The molecule has 98 valence electrons. The summed E-state index contributed by atoms with van der Waals surface area (Å²) in [5.74, 6) is 1.13.